The molecule has 0 bridgehead atoms. The Morgan fingerprint density at radius 3 is 1.32 bits per heavy atom. The summed E-state index contributed by atoms with van der Waals surface area (Å²) in [5.74, 6) is -1.48. The van der Waals surface area contributed by atoms with Gasteiger partial charge in [0, 0.05) is 84.6 Å². The van der Waals surface area contributed by atoms with Crippen LogP contribution in [-0.4, -0.2) is 56.0 Å². The van der Waals surface area contributed by atoms with Gasteiger partial charge in [0.05, 0.1) is 27.7 Å². The minimum atomic E-state index is -1.21. The number of nitro benzene ring substituents is 2. The molecule has 6 aromatic rings. The van der Waals surface area contributed by atoms with Gasteiger partial charge in [-0.15, -0.1) is 0 Å². The van der Waals surface area contributed by atoms with E-state index in [2.05, 4.69) is 49.5 Å². The predicted octanol–water partition coefficient (Wildman–Crippen LogP) is 9.69. The molecule has 2 aliphatic heterocycles. The van der Waals surface area contributed by atoms with Crippen LogP contribution in [0.2, 0.25) is 0 Å². The molecule has 2 aromatic carbocycles. The second-order valence-electron chi connectivity index (χ2n) is 14.1. The molecule has 60 heavy (non-hydrogen) atoms. The summed E-state index contributed by atoms with van der Waals surface area (Å²) >= 11 is 0. The number of non-ortho nitro benzene ring substituents is 2. The first kappa shape index (κ1) is 44.5. The number of nitro groups is 2. The highest BCUT2D eigenvalue weighted by molar-refractivity contribution is 5.52. The average Bonchev–Trinajstić information content (AvgIpc) is 3.27. The van der Waals surface area contributed by atoms with E-state index in [0.29, 0.717) is 48.7 Å². The summed E-state index contributed by atoms with van der Waals surface area (Å²) in [6.07, 6.45) is 11.5. The van der Waals surface area contributed by atoms with E-state index in [1.54, 1.807) is 12.4 Å². The highest BCUT2D eigenvalue weighted by Crippen LogP contribution is 2.38. The van der Waals surface area contributed by atoms with E-state index in [1.165, 1.54) is 25.0 Å². The Labute approximate surface area is 346 Å². The summed E-state index contributed by atoms with van der Waals surface area (Å²) in [5, 5.41) is 24.3. The summed E-state index contributed by atoms with van der Waals surface area (Å²) in [4.78, 5) is 39.7. The van der Waals surface area contributed by atoms with Crippen LogP contribution in [-0.2, 0) is 0 Å². The van der Waals surface area contributed by atoms with Crippen LogP contribution in [0.5, 0.6) is 0 Å². The van der Waals surface area contributed by atoms with E-state index >= 15 is 0 Å². The normalized spacial score (nSPS) is 14.2. The smallest absolute Gasteiger partial charge is 0.272 e. The molecule has 15 heteroatoms. The van der Waals surface area contributed by atoms with Gasteiger partial charge in [0.1, 0.15) is 0 Å². The van der Waals surface area contributed by atoms with Crippen molar-refractivity contribution in [1.29, 1.82) is 0 Å². The maximum absolute atomic E-state index is 14.4. The zero-order chi connectivity index (χ0) is 41.6. The number of rotatable bonds is 9. The molecular formula is C45H47F3N8O4. The molecule has 2 fully saturated rings. The number of pyridine rings is 4. The largest absolute Gasteiger partial charge is 0.369 e. The third kappa shape index (κ3) is 11.7. The van der Waals surface area contributed by atoms with Gasteiger partial charge in [0.25, 0.3) is 11.4 Å². The number of halogens is 3. The van der Waals surface area contributed by atoms with Crippen LogP contribution in [0.3, 0.4) is 0 Å². The average molecular weight is 821 g/mol. The summed E-state index contributed by atoms with van der Waals surface area (Å²) in [6, 6.07) is 30.2. The lowest BCUT2D eigenvalue weighted by Gasteiger charge is -2.37. The van der Waals surface area contributed by atoms with Gasteiger partial charge in [0.2, 0.25) is 0 Å². The fourth-order valence-corrected chi connectivity index (χ4v) is 7.62. The van der Waals surface area contributed by atoms with Crippen LogP contribution in [0, 0.1) is 49.5 Å². The topological polar surface area (TPSA) is 153 Å². The van der Waals surface area contributed by atoms with Gasteiger partial charge < -0.3 is 10.2 Å². The second-order valence-corrected chi connectivity index (χ2v) is 14.1. The zero-order valence-corrected chi connectivity index (χ0v) is 32.1. The minimum Gasteiger partial charge on any atom is -0.369 e. The Hall–Kier alpha value is -6.61. The number of benzene rings is 2. The van der Waals surface area contributed by atoms with Crippen molar-refractivity contribution in [3.63, 3.8) is 0 Å². The van der Waals surface area contributed by atoms with Gasteiger partial charge >= 0.3 is 0 Å². The number of aromatic nitrogens is 4. The SMILES string of the molecule is C.O=[N+]([O-])c1ccc(F)c(F)c1.O=[N+]([O-])c1ccc(N2CCC(C(c3ccccn3)c3ccccn3)CC2)c(F)c1.c1ccc(C(c2ccccn2)C2CCNCC2)nc1. The standard InChI is InChI=1S/C22H21FN4O2.C16H19N3.C6H3F2NO2.CH4/c23-18-15-17(27(28)29)7-8-21(18)26-13-9-16(10-14-26)22(19-5-1-3-11-24-19)20-6-2-4-12-25-20;1-3-9-18-14(5-1)16(13-7-11-17-12-8-13)15-6-2-4-10-19-15;7-5-2-1-4(9(10)11)3-6(5)8;/h1-8,11-12,15-16,22H,9-10,13-14H2;1-6,9-10,13,16-17H,7-8,11-12H2;1-3H;1H4. The van der Waals surface area contributed by atoms with E-state index < -0.39 is 33.0 Å². The molecule has 0 amide bonds. The van der Waals surface area contributed by atoms with Crippen LogP contribution >= 0.6 is 0 Å². The summed E-state index contributed by atoms with van der Waals surface area (Å²) in [7, 11) is 0. The molecule has 0 aliphatic carbocycles. The molecule has 0 radical (unpaired) electrons. The lowest BCUT2D eigenvalue weighted by Crippen LogP contribution is -2.36. The van der Waals surface area contributed by atoms with Crippen molar-refractivity contribution in [3.8, 4) is 0 Å². The highest BCUT2D eigenvalue weighted by atomic mass is 19.2. The maximum atomic E-state index is 14.4. The van der Waals surface area contributed by atoms with Gasteiger partial charge in [-0.1, -0.05) is 31.7 Å². The van der Waals surface area contributed by atoms with E-state index in [0.717, 1.165) is 60.8 Å². The van der Waals surface area contributed by atoms with Crippen molar-refractivity contribution in [3.05, 3.63) is 194 Å². The maximum Gasteiger partial charge on any atom is 0.272 e. The Bertz CT molecular complexity index is 2170. The molecule has 0 spiro atoms. The number of nitrogens with zero attached hydrogens (tertiary/aromatic N) is 7. The van der Waals surface area contributed by atoms with E-state index in [4.69, 9.17) is 0 Å². The monoisotopic (exact) mass is 820 g/mol. The third-order valence-corrected chi connectivity index (χ3v) is 10.5. The summed E-state index contributed by atoms with van der Waals surface area (Å²) in [6.45, 7) is 3.55. The van der Waals surface area contributed by atoms with Crippen LogP contribution < -0.4 is 10.2 Å². The number of hydrogen-bond donors (Lipinski definition) is 1. The first-order valence-corrected chi connectivity index (χ1v) is 19.3. The first-order chi connectivity index (χ1) is 28.7. The molecule has 12 nitrogen and oxygen atoms in total. The van der Waals surface area contributed by atoms with Crippen molar-refractivity contribution in [2.75, 3.05) is 31.1 Å². The predicted molar refractivity (Wildman–Crippen MR) is 224 cm³/mol. The summed E-state index contributed by atoms with van der Waals surface area (Å²) < 4.78 is 38.8. The molecular weight excluding hydrogens is 774 g/mol. The van der Waals surface area contributed by atoms with Crippen molar-refractivity contribution in [2.45, 2.75) is 44.9 Å². The Kier molecular flexibility index (Phi) is 16.3. The molecule has 1 N–H and O–H groups in total. The van der Waals surface area contributed by atoms with Gasteiger partial charge in [-0.25, -0.2) is 13.2 Å². The quantitative estimate of drug-likeness (QED) is 0.110. The third-order valence-electron chi connectivity index (χ3n) is 10.5. The number of anilines is 1. The lowest BCUT2D eigenvalue weighted by molar-refractivity contribution is -0.385. The number of hydrogen-bond acceptors (Lipinski definition) is 10. The Balaban J connectivity index is 0.000000189. The molecule has 312 valence electrons. The van der Waals surface area contributed by atoms with Crippen LogP contribution in [0.1, 0.15) is 67.7 Å². The number of nitrogens with one attached hydrogen (secondary N) is 1. The molecule has 2 saturated heterocycles. The Morgan fingerprint density at radius 1 is 0.550 bits per heavy atom. The van der Waals surface area contributed by atoms with E-state index in [1.807, 2.05) is 65.8 Å². The van der Waals surface area contributed by atoms with E-state index in [9.17, 15) is 33.4 Å². The van der Waals surface area contributed by atoms with Crippen LogP contribution in [0.15, 0.2) is 134 Å². The minimum absolute atomic E-state index is 0. The molecule has 4 aromatic heterocycles. The summed E-state index contributed by atoms with van der Waals surface area (Å²) in [5.41, 5.74) is 4.01. The highest BCUT2D eigenvalue weighted by Gasteiger charge is 2.32. The number of piperidine rings is 2. The Morgan fingerprint density at radius 2 is 0.950 bits per heavy atom. The van der Waals surface area contributed by atoms with Gasteiger partial charge in [-0.05, 0) is 111 Å². The van der Waals surface area contributed by atoms with Crippen LogP contribution in [0.4, 0.5) is 30.2 Å². The van der Waals surface area contributed by atoms with Crippen molar-refractivity contribution < 1.29 is 23.0 Å². The van der Waals surface area contributed by atoms with Crippen molar-refractivity contribution >= 4 is 17.1 Å². The van der Waals surface area contributed by atoms with Crippen molar-refractivity contribution in [2.24, 2.45) is 11.8 Å². The zero-order valence-electron chi connectivity index (χ0n) is 32.1. The van der Waals surface area contributed by atoms with Crippen LogP contribution in [0.25, 0.3) is 0 Å². The van der Waals surface area contributed by atoms with Gasteiger partial charge in [0.15, 0.2) is 17.5 Å². The van der Waals surface area contributed by atoms with Gasteiger partial charge in [-0.3, -0.25) is 40.2 Å². The molecule has 0 unspecified atom stereocenters. The van der Waals surface area contributed by atoms with Crippen molar-refractivity contribution in [1.82, 2.24) is 25.3 Å². The lowest BCUT2D eigenvalue weighted by atomic mass is 9.79. The molecule has 2 aliphatic rings. The van der Waals surface area contributed by atoms with E-state index in [-0.39, 0.29) is 19.0 Å². The molecule has 6 heterocycles. The molecule has 0 atom stereocenters. The second kappa shape index (κ2) is 22.0. The van der Waals surface area contributed by atoms with Gasteiger partial charge in [-0.2, -0.15) is 0 Å². The molecule has 8 rings (SSSR count). The first-order valence-electron chi connectivity index (χ1n) is 19.3. The fourth-order valence-electron chi connectivity index (χ4n) is 7.62. The molecule has 0 saturated carbocycles. The fraction of sp³-hybridized carbons (Fsp3) is 0.289.